The van der Waals surface area contributed by atoms with Gasteiger partial charge < -0.3 is 20.7 Å². The Balaban J connectivity index is 1.30. The van der Waals surface area contributed by atoms with Crippen LogP contribution in [0.1, 0.15) is 50.2 Å². The summed E-state index contributed by atoms with van der Waals surface area (Å²) in [7, 11) is 0. The van der Waals surface area contributed by atoms with Crippen LogP contribution in [0.5, 0.6) is 0 Å². The summed E-state index contributed by atoms with van der Waals surface area (Å²) in [6.45, 7) is 2.85. The van der Waals surface area contributed by atoms with Gasteiger partial charge in [0.25, 0.3) is 0 Å². The lowest BCUT2D eigenvalue weighted by Crippen LogP contribution is -2.52. The summed E-state index contributed by atoms with van der Waals surface area (Å²) in [5.74, 6) is 0.631. The number of carbonyl (C=O) groups excluding carboxylic acids is 1. The Kier molecular flexibility index (Phi) is 4.95. The monoisotopic (exact) mass is 343 g/mol. The summed E-state index contributed by atoms with van der Waals surface area (Å²) in [5.41, 5.74) is 1.26. The zero-order valence-electron chi connectivity index (χ0n) is 14.8. The lowest BCUT2D eigenvalue weighted by atomic mass is 9.88. The van der Waals surface area contributed by atoms with E-state index < -0.39 is 0 Å². The molecule has 2 atom stereocenters. The van der Waals surface area contributed by atoms with Crippen LogP contribution >= 0.6 is 0 Å². The molecule has 1 saturated carbocycles. The molecule has 1 aliphatic carbocycles. The van der Waals surface area contributed by atoms with Crippen LogP contribution in [0.25, 0.3) is 0 Å². The van der Waals surface area contributed by atoms with E-state index in [1.807, 2.05) is 18.2 Å². The molecule has 2 amide bonds. The highest BCUT2D eigenvalue weighted by molar-refractivity contribution is 5.75. The second-order valence-electron chi connectivity index (χ2n) is 7.77. The Morgan fingerprint density at radius 1 is 1.12 bits per heavy atom. The Bertz CT molecular complexity index is 582. The number of carbonyl (C=O) groups is 1. The van der Waals surface area contributed by atoms with Crippen molar-refractivity contribution in [3.8, 4) is 0 Å². The summed E-state index contributed by atoms with van der Waals surface area (Å²) < 4.78 is 5.91. The van der Waals surface area contributed by atoms with E-state index in [1.165, 1.54) is 18.4 Å². The van der Waals surface area contributed by atoms with Crippen LogP contribution in [-0.2, 0) is 4.74 Å². The number of amides is 2. The summed E-state index contributed by atoms with van der Waals surface area (Å²) in [6.07, 6.45) is 6.42. The Morgan fingerprint density at radius 2 is 1.88 bits per heavy atom. The molecule has 0 radical (unpaired) electrons. The molecule has 2 heterocycles. The van der Waals surface area contributed by atoms with Crippen LogP contribution in [0, 0.1) is 5.92 Å². The molecule has 1 aromatic carbocycles. The third-order valence-electron chi connectivity index (χ3n) is 6.06. The van der Waals surface area contributed by atoms with Crippen LogP contribution < -0.4 is 16.0 Å². The average molecular weight is 343 g/mol. The van der Waals surface area contributed by atoms with Gasteiger partial charge >= 0.3 is 6.03 Å². The van der Waals surface area contributed by atoms with Crippen molar-refractivity contribution in [3.05, 3.63) is 35.9 Å². The van der Waals surface area contributed by atoms with Gasteiger partial charge in [-0.05, 0) is 63.1 Å². The lowest BCUT2D eigenvalue weighted by Gasteiger charge is -2.34. The fourth-order valence-corrected chi connectivity index (χ4v) is 4.42. The van der Waals surface area contributed by atoms with Crippen molar-refractivity contribution in [2.45, 2.75) is 56.2 Å². The maximum atomic E-state index is 12.6. The minimum Gasteiger partial charge on any atom is -0.373 e. The molecule has 3 fully saturated rings. The molecule has 2 saturated heterocycles. The van der Waals surface area contributed by atoms with Crippen molar-refractivity contribution in [1.82, 2.24) is 16.0 Å². The van der Waals surface area contributed by atoms with Gasteiger partial charge in [0.15, 0.2) is 0 Å². The van der Waals surface area contributed by atoms with Crippen LogP contribution in [0.3, 0.4) is 0 Å². The number of hydrogen-bond donors (Lipinski definition) is 3. The highest BCUT2D eigenvalue weighted by atomic mass is 16.5. The molecule has 5 heteroatoms. The molecule has 3 aliphatic rings. The van der Waals surface area contributed by atoms with Crippen LogP contribution in [0.15, 0.2) is 30.3 Å². The Labute approximate surface area is 149 Å². The number of benzene rings is 1. The predicted molar refractivity (Wildman–Crippen MR) is 97.4 cm³/mol. The topological polar surface area (TPSA) is 62.4 Å². The maximum absolute atomic E-state index is 12.6. The van der Waals surface area contributed by atoms with Gasteiger partial charge in [-0.25, -0.2) is 4.79 Å². The highest BCUT2D eigenvalue weighted by Crippen LogP contribution is 2.45. The smallest absolute Gasteiger partial charge is 0.315 e. The molecule has 2 unspecified atom stereocenters. The summed E-state index contributed by atoms with van der Waals surface area (Å²) in [6, 6.07) is 10.5. The lowest BCUT2D eigenvalue weighted by molar-refractivity contribution is 0.00213. The van der Waals surface area contributed by atoms with Crippen molar-refractivity contribution < 1.29 is 9.53 Å². The molecule has 2 aliphatic heterocycles. The van der Waals surface area contributed by atoms with E-state index in [0.29, 0.717) is 12.5 Å². The van der Waals surface area contributed by atoms with Gasteiger partial charge in [-0.15, -0.1) is 0 Å². The summed E-state index contributed by atoms with van der Waals surface area (Å²) in [4.78, 5) is 12.6. The average Bonchev–Trinajstić information content (AvgIpc) is 3.44. The van der Waals surface area contributed by atoms with E-state index in [2.05, 4.69) is 28.1 Å². The molecule has 5 nitrogen and oxygen atoms in total. The zero-order valence-corrected chi connectivity index (χ0v) is 14.8. The Morgan fingerprint density at radius 3 is 2.60 bits per heavy atom. The molecule has 1 aromatic rings. The fraction of sp³-hybridized carbons (Fsp3) is 0.650. The number of urea groups is 1. The van der Waals surface area contributed by atoms with Crippen molar-refractivity contribution in [1.29, 1.82) is 0 Å². The fourth-order valence-electron chi connectivity index (χ4n) is 4.42. The first-order valence-corrected chi connectivity index (χ1v) is 9.71. The second kappa shape index (κ2) is 7.34. The molecule has 25 heavy (non-hydrogen) atoms. The van der Waals surface area contributed by atoms with E-state index in [-0.39, 0.29) is 23.7 Å². The van der Waals surface area contributed by atoms with Crippen LogP contribution in [0.2, 0.25) is 0 Å². The van der Waals surface area contributed by atoms with E-state index in [1.54, 1.807) is 0 Å². The summed E-state index contributed by atoms with van der Waals surface area (Å²) in [5, 5.41) is 9.94. The third-order valence-corrected chi connectivity index (χ3v) is 6.06. The predicted octanol–water partition coefficient (Wildman–Crippen LogP) is 2.74. The van der Waals surface area contributed by atoms with Crippen molar-refractivity contribution in [2.24, 2.45) is 5.92 Å². The quantitative estimate of drug-likeness (QED) is 0.788. The number of nitrogens with one attached hydrogen (secondary N) is 3. The van der Waals surface area contributed by atoms with Gasteiger partial charge in [-0.3, -0.25) is 0 Å². The molecule has 3 N–H and O–H groups in total. The first-order chi connectivity index (χ1) is 12.3. The Hall–Kier alpha value is -1.59. The minimum atomic E-state index is 0.00902. The van der Waals surface area contributed by atoms with Crippen LogP contribution in [0.4, 0.5) is 4.79 Å². The van der Waals surface area contributed by atoms with Gasteiger partial charge in [-0.2, -0.15) is 0 Å². The third kappa shape index (κ3) is 3.98. The minimum absolute atomic E-state index is 0.00902. The number of rotatable bonds is 4. The van der Waals surface area contributed by atoms with Gasteiger partial charge in [0.2, 0.25) is 0 Å². The first-order valence-electron chi connectivity index (χ1n) is 9.71. The van der Waals surface area contributed by atoms with Crippen LogP contribution in [-0.4, -0.2) is 37.3 Å². The highest BCUT2D eigenvalue weighted by Gasteiger charge is 2.50. The molecule has 0 spiro atoms. The second-order valence-corrected chi connectivity index (χ2v) is 7.77. The molecule has 0 bridgehead atoms. The largest absolute Gasteiger partial charge is 0.373 e. The molecule has 4 rings (SSSR count). The van der Waals surface area contributed by atoms with E-state index in [9.17, 15) is 4.79 Å². The number of ether oxygens (including phenoxy) is 1. The van der Waals surface area contributed by atoms with E-state index in [4.69, 9.17) is 4.74 Å². The van der Waals surface area contributed by atoms with Crippen molar-refractivity contribution in [2.75, 3.05) is 19.7 Å². The summed E-state index contributed by atoms with van der Waals surface area (Å²) >= 11 is 0. The standard InChI is InChI=1S/C20H29N3O2/c24-19(23-20(9-10-20)16-6-11-21-12-7-16)22-17-8-13-25-18(14-17)15-4-2-1-3-5-15/h1-5,16-18,21H,6-14H2,(H2,22,23,24). The molecular formula is C20H29N3O2. The molecular weight excluding hydrogens is 314 g/mol. The SMILES string of the molecule is O=C(NC1CCOC(c2ccccc2)C1)NC1(C2CCNCC2)CC1. The van der Waals surface area contributed by atoms with Gasteiger partial charge in [0, 0.05) is 18.2 Å². The number of piperidine rings is 1. The number of hydrogen-bond acceptors (Lipinski definition) is 3. The van der Waals surface area contributed by atoms with Gasteiger partial charge in [0.05, 0.1) is 6.10 Å². The maximum Gasteiger partial charge on any atom is 0.315 e. The molecule has 136 valence electrons. The van der Waals surface area contributed by atoms with E-state index in [0.717, 1.165) is 38.8 Å². The molecule has 0 aromatic heterocycles. The zero-order chi connectivity index (χ0) is 17.1. The van der Waals surface area contributed by atoms with Gasteiger partial charge in [0.1, 0.15) is 0 Å². The van der Waals surface area contributed by atoms with E-state index >= 15 is 0 Å². The van der Waals surface area contributed by atoms with Crippen molar-refractivity contribution >= 4 is 6.03 Å². The van der Waals surface area contributed by atoms with Crippen molar-refractivity contribution in [3.63, 3.8) is 0 Å². The first kappa shape index (κ1) is 16.9. The normalized spacial score (nSPS) is 29.0. The van der Waals surface area contributed by atoms with Gasteiger partial charge in [-0.1, -0.05) is 30.3 Å².